The number of hydrogen-bond acceptors (Lipinski definition) is 5. The maximum Gasteiger partial charge on any atom is 0.433 e. The highest BCUT2D eigenvalue weighted by atomic mass is 19.4. The molecule has 0 bridgehead atoms. The Morgan fingerprint density at radius 3 is 2.54 bits per heavy atom. The SMILES string of the molecule is C=CCC[C@@H](C)C(=O)NC[C@@]12C[C@@H](C(=O)Nc3nc(C(F)(F)F)ccc3C)N(C(=O)OC(C)(C)C)[C@@H]1C2. The Labute approximate surface area is 215 Å². The van der Waals surface area contributed by atoms with Gasteiger partial charge in [0.25, 0.3) is 0 Å². The Balaban J connectivity index is 1.79. The molecule has 2 fully saturated rings. The van der Waals surface area contributed by atoms with E-state index in [2.05, 4.69) is 22.2 Å². The van der Waals surface area contributed by atoms with Gasteiger partial charge in [-0.1, -0.05) is 19.1 Å². The van der Waals surface area contributed by atoms with Crippen LogP contribution in [0.4, 0.5) is 23.8 Å². The summed E-state index contributed by atoms with van der Waals surface area (Å²) in [6.07, 6.45) is -1.42. The summed E-state index contributed by atoms with van der Waals surface area (Å²) in [5.41, 5.74) is -2.10. The molecule has 4 atom stereocenters. The summed E-state index contributed by atoms with van der Waals surface area (Å²) < 4.78 is 45.0. The number of nitrogens with one attached hydrogen (secondary N) is 2. The minimum Gasteiger partial charge on any atom is -0.444 e. The number of likely N-dealkylation sites (tertiary alicyclic amines) is 1. The fraction of sp³-hybridized carbons (Fsp3) is 0.615. The number of carbonyl (C=O) groups excluding carboxylic acids is 3. The number of carbonyl (C=O) groups is 3. The van der Waals surface area contributed by atoms with Gasteiger partial charge in [0.1, 0.15) is 23.2 Å². The summed E-state index contributed by atoms with van der Waals surface area (Å²) in [7, 11) is 0. The number of amides is 3. The zero-order valence-corrected chi connectivity index (χ0v) is 21.9. The van der Waals surface area contributed by atoms with Crippen molar-refractivity contribution >= 4 is 23.7 Å². The number of anilines is 1. The third-order valence-electron chi connectivity index (χ3n) is 6.82. The Bertz CT molecular complexity index is 1070. The third-order valence-corrected chi connectivity index (χ3v) is 6.82. The summed E-state index contributed by atoms with van der Waals surface area (Å²) >= 11 is 0. The molecule has 1 saturated carbocycles. The van der Waals surface area contributed by atoms with Crippen LogP contribution in [0.15, 0.2) is 24.8 Å². The number of nitrogens with zero attached hydrogens (tertiary/aromatic N) is 2. The topological polar surface area (TPSA) is 101 Å². The first-order valence-corrected chi connectivity index (χ1v) is 12.3. The predicted octanol–water partition coefficient (Wildman–Crippen LogP) is 4.83. The molecular formula is C26H35F3N4O4. The van der Waals surface area contributed by atoms with Gasteiger partial charge in [0, 0.05) is 23.9 Å². The minimum atomic E-state index is -4.67. The van der Waals surface area contributed by atoms with Crippen LogP contribution in [0.3, 0.4) is 0 Å². The van der Waals surface area contributed by atoms with Crippen molar-refractivity contribution in [1.82, 2.24) is 15.2 Å². The maximum absolute atomic E-state index is 13.3. The molecule has 1 saturated heterocycles. The zero-order chi connectivity index (χ0) is 27.8. The van der Waals surface area contributed by atoms with Crippen LogP contribution in [0.25, 0.3) is 0 Å². The quantitative estimate of drug-likeness (QED) is 0.475. The van der Waals surface area contributed by atoms with Crippen LogP contribution in [-0.2, 0) is 20.5 Å². The van der Waals surface area contributed by atoms with Crippen LogP contribution in [0, 0.1) is 18.3 Å². The lowest BCUT2D eigenvalue weighted by Crippen LogP contribution is -2.47. The number of aryl methyl sites for hydroxylation is 1. The number of ether oxygens (including phenoxy) is 1. The number of aromatic nitrogens is 1. The van der Waals surface area contributed by atoms with Crippen molar-refractivity contribution in [3.63, 3.8) is 0 Å². The second-order valence-electron chi connectivity index (χ2n) is 11.0. The second kappa shape index (κ2) is 10.3. The van der Waals surface area contributed by atoms with Crippen LogP contribution in [0.2, 0.25) is 0 Å². The molecule has 204 valence electrons. The molecule has 11 heteroatoms. The van der Waals surface area contributed by atoms with Gasteiger partial charge >= 0.3 is 12.3 Å². The number of rotatable bonds is 8. The largest absolute Gasteiger partial charge is 0.444 e. The van der Waals surface area contributed by atoms with Gasteiger partial charge in [-0.2, -0.15) is 13.2 Å². The first kappa shape index (κ1) is 28.5. The van der Waals surface area contributed by atoms with Gasteiger partial charge < -0.3 is 15.4 Å². The second-order valence-corrected chi connectivity index (χ2v) is 11.0. The number of allylic oxidation sites excluding steroid dienone is 1. The van der Waals surface area contributed by atoms with Crippen LogP contribution in [-0.4, -0.2) is 52.0 Å². The van der Waals surface area contributed by atoms with E-state index in [0.29, 0.717) is 24.8 Å². The van der Waals surface area contributed by atoms with E-state index in [1.165, 1.54) is 17.9 Å². The molecule has 1 aliphatic carbocycles. The Hall–Kier alpha value is -3.11. The van der Waals surface area contributed by atoms with Crippen LogP contribution in [0.5, 0.6) is 0 Å². The van der Waals surface area contributed by atoms with E-state index >= 15 is 0 Å². The van der Waals surface area contributed by atoms with Gasteiger partial charge in [-0.25, -0.2) is 9.78 Å². The molecule has 0 radical (unpaired) electrons. The molecule has 0 unspecified atom stereocenters. The molecular weight excluding hydrogens is 489 g/mol. The third kappa shape index (κ3) is 6.61. The number of halogens is 3. The van der Waals surface area contributed by atoms with E-state index in [4.69, 9.17) is 4.74 Å². The van der Waals surface area contributed by atoms with Crippen molar-refractivity contribution in [2.45, 2.75) is 84.2 Å². The van der Waals surface area contributed by atoms with Crippen molar-refractivity contribution < 1.29 is 32.3 Å². The van der Waals surface area contributed by atoms with E-state index in [0.717, 1.165) is 6.07 Å². The van der Waals surface area contributed by atoms with Crippen molar-refractivity contribution in [3.05, 3.63) is 36.0 Å². The van der Waals surface area contributed by atoms with Crippen molar-refractivity contribution in [3.8, 4) is 0 Å². The monoisotopic (exact) mass is 524 g/mol. The number of alkyl halides is 3. The highest BCUT2D eigenvalue weighted by Crippen LogP contribution is 2.59. The lowest BCUT2D eigenvalue weighted by molar-refractivity contribution is -0.141. The Morgan fingerprint density at radius 2 is 1.95 bits per heavy atom. The number of fused-ring (bicyclic) bond motifs is 1. The van der Waals surface area contributed by atoms with E-state index in [1.807, 2.05) is 6.92 Å². The van der Waals surface area contributed by atoms with Gasteiger partial charge in [0.05, 0.1) is 0 Å². The molecule has 1 aliphatic heterocycles. The molecule has 1 aromatic heterocycles. The molecule has 0 spiro atoms. The van der Waals surface area contributed by atoms with Gasteiger partial charge in [-0.05, 0) is 65.0 Å². The van der Waals surface area contributed by atoms with Crippen LogP contribution < -0.4 is 10.6 Å². The number of hydrogen-bond donors (Lipinski definition) is 2. The fourth-order valence-corrected chi connectivity index (χ4v) is 4.64. The molecule has 3 amide bonds. The number of piperidine rings is 1. The summed E-state index contributed by atoms with van der Waals surface area (Å²) in [5, 5.41) is 5.43. The molecule has 0 aromatic carbocycles. The minimum absolute atomic E-state index is 0.123. The van der Waals surface area contributed by atoms with Gasteiger partial charge in [0.2, 0.25) is 11.8 Å². The molecule has 2 heterocycles. The molecule has 8 nitrogen and oxygen atoms in total. The number of pyridine rings is 1. The maximum atomic E-state index is 13.3. The van der Waals surface area contributed by atoms with Gasteiger partial charge in [-0.3, -0.25) is 14.5 Å². The fourth-order valence-electron chi connectivity index (χ4n) is 4.64. The Morgan fingerprint density at radius 1 is 1.27 bits per heavy atom. The van der Waals surface area contributed by atoms with E-state index in [9.17, 15) is 27.6 Å². The van der Waals surface area contributed by atoms with Crippen LogP contribution in [0.1, 0.15) is 64.6 Å². The molecule has 2 aliphatic rings. The van der Waals surface area contributed by atoms with Crippen molar-refractivity contribution in [2.75, 3.05) is 11.9 Å². The van der Waals surface area contributed by atoms with Crippen molar-refractivity contribution in [2.24, 2.45) is 11.3 Å². The molecule has 1 aromatic rings. The summed E-state index contributed by atoms with van der Waals surface area (Å²) in [6, 6.07) is 0.751. The molecule has 2 N–H and O–H groups in total. The summed E-state index contributed by atoms with van der Waals surface area (Å²) in [5.74, 6) is -1.22. The van der Waals surface area contributed by atoms with E-state index in [1.54, 1.807) is 26.8 Å². The predicted molar refractivity (Wildman–Crippen MR) is 132 cm³/mol. The van der Waals surface area contributed by atoms with Gasteiger partial charge in [-0.15, -0.1) is 6.58 Å². The lowest BCUT2D eigenvalue weighted by atomic mass is 9.98. The average molecular weight is 525 g/mol. The zero-order valence-electron chi connectivity index (χ0n) is 21.9. The first-order valence-electron chi connectivity index (χ1n) is 12.3. The van der Waals surface area contributed by atoms with Gasteiger partial charge in [0.15, 0.2) is 0 Å². The normalized spacial score (nSPS) is 23.6. The van der Waals surface area contributed by atoms with E-state index in [-0.39, 0.29) is 36.7 Å². The summed E-state index contributed by atoms with van der Waals surface area (Å²) in [6.45, 7) is 12.4. The van der Waals surface area contributed by atoms with Crippen LogP contribution >= 0.6 is 0 Å². The van der Waals surface area contributed by atoms with E-state index < -0.39 is 40.9 Å². The first-order chi connectivity index (χ1) is 17.1. The molecule has 3 rings (SSSR count). The Kier molecular flexibility index (Phi) is 7.95. The van der Waals surface area contributed by atoms with Crippen molar-refractivity contribution in [1.29, 1.82) is 0 Å². The highest BCUT2D eigenvalue weighted by molar-refractivity contribution is 5.97. The highest BCUT2D eigenvalue weighted by Gasteiger charge is 2.68. The standard InChI is InChI=1S/C26H35F3N4O4/c1-7-8-9-16(3)21(34)30-14-25-12-17(33(19(25)13-25)23(36)37-24(4,5)6)22(35)32-20-15(2)10-11-18(31-20)26(27,28)29/h7,10-11,16-17,19H,1,8-9,12-14H2,2-6H3,(H,30,34)(H,31,32,35)/t16-,17+,19-,25+/m1/s1. The lowest BCUT2D eigenvalue weighted by Gasteiger charge is -2.29. The smallest absolute Gasteiger partial charge is 0.433 e. The molecule has 37 heavy (non-hydrogen) atoms. The summed E-state index contributed by atoms with van der Waals surface area (Å²) in [4.78, 5) is 43.9. The average Bonchev–Trinajstić information content (AvgIpc) is 3.38.